The Bertz CT molecular complexity index is 667. The van der Waals surface area contributed by atoms with E-state index in [0.717, 1.165) is 32.1 Å². The quantitative estimate of drug-likeness (QED) is 0.279. The molecule has 0 fully saturated rings. The number of carbonyl (C=O) groups excluding carboxylic acids is 1. The average molecular weight is 401 g/mol. The van der Waals surface area contributed by atoms with Crippen molar-refractivity contribution in [1.82, 2.24) is 10.2 Å². The summed E-state index contributed by atoms with van der Waals surface area (Å²) in [5.74, 6) is -1.69. The van der Waals surface area contributed by atoms with Gasteiger partial charge in [0.25, 0.3) is 5.69 Å². The van der Waals surface area contributed by atoms with Gasteiger partial charge in [0, 0.05) is 11.8 Å². The Labute approximate surface area is 162 Å². The molecular weight excluding hydrogens is 376 g/mol. The largest absolute Gasteiger partial charge is 0.480 e. The Morgan fingerprint density at radius 2 is 2.00 bits per heavy atom. The zero-order valence-corrected chi connectivity index (χ0v) is 16.2. The zero-order chi connectivity index (χ0) is 20.4. The molecule has 150 valence electrons. The summed E-state index contributed by atoms with van der Waals surface area (Å²) in [5.41, 5.74) is -0.152. The van der Waals surface area contributed by atoms with Gasteiger partial charge in [-0.05, 0) is 44.7 Å². The predicted octanol–water partition coefficient (Wildman–Crippen LogP) is 2.35. The van der Waals surface area contributed by atoms with Gasteiger partial charge in [0.15, 0.2) is 0 Å². The summed E-state index contributed by atoms with van der Waals surface area (Å²) < 4.78 is 0. The summed E-state index contributed by atoms with van der Waals surface area (Å²) in [4.78, 5) is 35.9. The first-order chi connectivity index (χ1) is 12.8. The van der Waals surface area contributed by atoms with Crippen LogP contribution in [0.15, 0.2) is 18.2 Å². The number of nitrogens with one attached hydrogen (secondary N) is 2. The van der Waals surface area contributed by atoms with Crippen LogP contribution in [0.2, 0.25) is 5.02 Å². The minimum atomic E-state index is -1.13. The molecule has 1 amide bonds. The highest BCUT2D eigenvalue weighted by Gasteiger charge is 2.21. The minimum absolute atomic E-state index is 0.0451. The van der Waals surface area contributed by atoms with Gasteiger partial charge in [0.05, 0.1) is 11.3 Å². The molecule has 0 saturated heterocycles. The number of carboxylic acid groups (broad SMARTS) is 1. The molecule has 0 aliphatic carbocycles. The Kier molecular flexibility index (Phi) is 9.70. The highest BCUT2D eigenvalue weighted by Crippen LogP contribution is 2.27. The smallest absolute Gasteiger partial charge is 0.321 e. The van der Waals surface area contributed by atoms with Crippen molar-refractivity contribution in [3.05, 3.63) is 33.3 Å². The number of carbonyl (C=O) groups is 2. The van der Waals surface area contributed by atoms with Gasteiger partial charge >= 0.3 is 5.97 Å². The third-order valence-electron chi connectivity index (χ3n) is 4.05. The van der Waals surface area contributed by atoms with Gasteiger partial charge < -0.3 is 20.6 Å². The van der Waals surface area contributed by atoms with Crippen LogP contribution in [0.1, 0.15) is 26.7 Å². The van der Waals surface area contributed by atoms with Gasteiger partial charge in [-0.3, -0.25) is 19.7 Å². The number of nitro groups is 1. The number of amides is 1. The molecule has 1 aromatic carbocycles. The molecule has 0 aliphatic heterocycles. The Balaban J connectivity index is 2.57. The van der Waals surface area contributed by atoms with Crippen molar-refractivity contribution >= 4 is 34.9 Å². The third kappa shape index (κ3) is 7.90. The first-order valence-electron chi connectivity index (χ1n) is 8.70. The van der Waals surface area contributed by atoms with E-state index < -0.39 is 22.8 Å². The highest BCUT2D eigenvalue weighted by molar-refractivity contribution is 6.32. The van der Waals surface area contributed by atoms with Crippen molar-refractivity contribution in [2.45, 2.75) is 32.7 Å². The Hall–Kier alpha value is -2.23. The van der Waals surface area contributed by atoms with E-state index in [0.29, 0.717) is 6.54 Å². The van der Waals surface area contributed by atoms with E-state index in [-0.39, 0.29) is 22.8 Å². The van der Waals surface area contributed by atoms with Gasteiger partial charge in [-0.2, -0.15) is 0 Å². The summed E-state index contributed by atoms with van der Waals surface area (Å²) in [6.07, 6.45) is 0.466. The number of carboxylic acids is 1. The van der Waals surface area contributed by atoms with Crippen LogP contribution in [0.5, 0.6) is 0 Å². The topological polar surface area (TPSA) is 125 Å². The molecule has 1 aromatic rings. The molecule has 10 heteroatoms. The number of aliphatic carboxylic acids is 1. The van der Waals surface area contributed by atoms with E-state index in [9.17, 15) is 24.8 Å². The van der Waals surface area contributed by atoms with Crippen LogP contribution >= 0.6 is 11.6 Å². The molecule has 0 radical (unpaired) electrons. The van der Waals surface area contributed by atoms with E-state index >= 15 is 0 Å². The van der Waals surface area contributed by atoms with Crippen molar-refractivity contribution in [2.75, 3.05) is 31.5 Å². The van der Waals surface area contributed by atoms with Crippen molar-refractivity contribution in [2.24, 2.45) is 0 Å². The third-order valence-corrected chi connectivity index (χ3v) is 4.37. The normalized spacial score (nSPS) is 12.0. The molecular formula is C17H25ClN4O5. The average Bonchev–Trinajstić information content (AvgIpc) is 2.62. The summed E-state index contributed by atoms with van der Waals surface area (Å²) in [5, 5.41) is 25.4. The molecule has 0 aliphatic rings. The number of anilines is 1. The van der Waals surface area contributed by atoms with E-state index in [4.69, 9.17) is 11.6 Å². The van der Waals surface area contributed by atoms with Gasteiger partial charge in [-0.25, -0.2) is 0 Å². The lowest BCUT2D eigenvalue weighted by Crippen LogP contribution is -2.41. The molecule has 27 heavy (non-hydrogen) atoms. The Morgan fingerprint density at radius 3 is 2.56 bits per heavy atom. The number of benzene rings is 1. The van der Waals surface area contributed by atoms with Crippen LogP contribution in [0.25, 0.3) is 0 Å². The molecule has 9 nitrogen and oxygen atoms in total. The van der Waals surface area contributed by atoms with Gasteiger partial charge in [-0.1, -0.05) is 25.4 Å². The predicted molar refractivity (Wildman–Crippen MR) is 103 cm³/mol. The molecule has 0 saturated carbocycles. The molecule has 0 spiro atoms. The minimum Gasteiger partial charge on any atom is -0.480 e. The summed E-state index contributed by atoms with van der Waals surface area (Å²) in [6.45, 7) is 7.27. The van der Waals surface area contributed by atoms with Gasteiger partial charge in [-0.15, -0.1) is 0 Å². The van der Waals surface area contributed by atoms with Gasteiger partial charge in [0.1, 0.15) is 11.1 Å². The maximum absolute atomic E-state index is 12.1. The van der Waals surface area contributed by atoms with Crippen LogP contribution in [0.4, 0.5) is 11.4 Å². The molecule has 1 rings (SSSR count). The lowest BCUT2D eigenvalue weighted by atomic mass is 10.2. The van der Waals surface area contributed by atoms with Crippen LogP contribution < -0.4 is 10.6 Å². The lowest BCUT2D eigenvalue weighted by molar-refractivity contribution is -0.384. The second-order valence-corrected chi connectivity index (χ2v) is 6.31. The van der Waals surface area contributed by atoms with Crippen LogP contribution in [-0.2, 0) is 9.59 Å². The van der Waals surface area contributed by atoms with Gasteiger partial charge in [0.2, 0.25) is 5.91 Å². The van der Waals surface area contributed by atoms with Crippen molar-refractivity contribution in [3.8, 4) is 0 Å². The number of hydrogen-bond donors (Lipinski definition) is 3. The van der Waals surface area contributed by atoms with E-state index in [1.54, 1.807) is 0 Å². The van der Waals surface area contributed by atoms with Crippen LogP contribution in [-0.4, -0.2) is 59.0 Å². The molecule has 0 heterocycles. The maximum Gasteiger partial charge on any atom is 0.321 e. The maximum atomic E-state index is 12.1. The first-order valence-corrected chi connectivity index (χ1v) is 9.08. The van der Waals surface area contributed by atoms with Crippen molar-refractivity contribution in [1.29, 1.82) is 0 Å². The number of nitro benzene ring substituents is 1. The van der Waals surface area contributed by atoms with Crippen LogP contribution in [0.3, 0.4) is 0 Å². The fraction of sp³-hybridized carbons (Fsp3) is 0.529. The molecule has 0 bridgehead atoms. The van der Waals surface area contributed by atoms with Crippen molar-refractivity contribution < 1.29 is 19.6 Å². The summed E-state index contributed by atoms with van der Waals surface area (Å²) >= 11 is 5.72. The van der Waals surface area contributed by atoms with E-state index in [1.807, 2.05) is 0 Å². The standard InChI is InChI=1S/C17H25ClN4O5/c1-3-21(4-2)9-5-8-19-14(17(24)25)11-16(23)20-12-6-7-13(18)15(10-12)22(26)27/h6-7,10,14,19H,3-5,8-9,11H2,1-2H3,(H,20,23)(H,24,25). The highest BCUT2D eigenvalue weighted by atomic mass is 35.5. The Morgan fingerprint density at radius 1 is 1.33 bits per heavy atom. The van der Waals surface area contributed by atoms with Crippen LogP contribution in [0, 0.1) is 10.1 Å². The fourth-order valence-corrected chi connectivity index (χ4v) is 2.68. The molecule has 1 atom stereocenters. The van der Waals surface area contributed by atoms with E-state index in [1.165, 1.54) is 12.1 Å². The number of nitrogens with zero attached hydrogens (tertiary/aromatic N) is 2. The second-order valence-electron chi connectivity index (χ2n) is 5.90. The molecule has 1 unspecified atom stereocenters. The molecule has 0 aromatic heterocycles. The summed E-state index contributed by atoms with van der Waals surface area (Å²) in [7, 11) is 0. The zero-order valence-electron chi connectivity index (χ0n) is 15.4. The first kappa shape index (κ1) is 22.8. The number of halogens is 1. The summed E-state index contributed by atoms with van der Waals surface area (Å²) in [6, 6.07) is 2.81. The van der Waals surface area contributed by atoms with Crippen molar-refractivity contribution in [3.63, 3.8) is 0 Å². The van der Waals surface area contributed by atoms with E-state index in [2.05, 4.69) is 29.4 Å². The SMILES string of the molecule is CCN(CC)CCCNC(CC(=O)Nc1ccc(Cl)c([N+](=O)[O-])c1)C(=O)O. The molecule has 3 N–H and O–H groups in total. The monoisotopic (exact) mass is 400 g/mol. The number of hydrogen-bond acceptors (Lipinski definition) is 6. The second kappa shape index (κ2) is 11.5. The fourth-order valence-electron chi connectivity index (χ4n) is 2.49. The lowest BCUT2D eigenvalue weighted by Gasteiger charge is -2.19. The number of rotatable bonds is 12.